The lowest BCUT2D eigenvalue weighted by atomic mass is 10.1. The van der Waals surface area contributed by atoms with Gasteiger partial charge < -0.3 is 10.6 Å². The Labute approximate surface area is 179 Å². The van der Waals surface area contributed by atoms with E-state index in [9.17, 15) is 18.0 Å². The number of aromatic nitrogens is 7. The van der Waals surface area contributed by atoms with Gasteiger partial charge >= 0.3 is 6.18 Å². The highest BCUT2D eigenvalue weighted by atomic mass is 19.4. The third kappa shape index (κ3) is 4.50. The minimum atomic E-state index is -4.62. The van der Waals surface area contributed by atoms with Gasteiger partial charge in [0.05, 0.1) is 11.9 Å². The first kappa shape index (κ1) is 21.2. The third-order valence-electron chi connectivity index (χ3n) is 4.65. The molecule has 13 heteroatoms. The molecule has 0 bridgehead atoms. The monoisotopic (exact) mass is 445 g/mol. The molecule has 4 heterocycles. The van der Waals surface area contributed by atoms with Crippen LogP contribution in [0.15, 0.2) is 42.9 Å². The summed E-state index contributed by atoms with van der Waals surface area (Å²) in [6, 6.07) is 4.77. The van der Waals surface area contributed by atoms with Crippen molar-refractivity contribution in [1.82, 2.24) is 39.7 Å². The van der Waals surface area contributed by atoms with E-state index < -0.39 is 24.5 Å². The summed E-state index contributed by atoms with van der Waals surface area (Å²) >= 11 is 0. The van der Waals surface area contributed by atoms with Crippen molar-refractivity contribution in [3.8, 4) is 11.3 Å². The maximum Gasteiger partial charge on any atom is 0.409 e. The van der Waals surface area contributed by atoms with Gasteiger partial charge in [0.1, 0.15) is 17.7 Å². The number of fused-ring (bicyclic) bond motifs is 1. The molecule has 32 heavy (non-hydrogen) atoms. The molecular weight excluding hydrogens is 427 g/mol. The summed E-state index contributed by atoms with van der Waals surface area (Å²) in [4.78, 5) is 19.8. The Kier molecular flexibility index (Phi) is 5.47. The van der Waals surface area contributed by atoms with Crippen LogP contribution in [-0.2, 0) is 18.3 Å². The fourth-order valence-electron chi connectivity index (χ4n) is 3.11. The lowest BCUT2D eigenvalue weighted by Crippen LogP contribution is -2.46. The number of alkyl halides is 3. The molecule has 1 amide bonds. The van der Waals surface area contributed by atoms with Crippen LogP contribution in [0.1, 0.15) is 12.7 Å². The van der Waals surface area contributed by atoms with E-state index in [0.717, 1.165) is 6.92 Å². The minimum absolute atomic E-state index is 0.0730. The lowest BCUT2D eigenvalue weighted by Gasteiger charge is -2.20. The molecule has 166 valence electrons. The highest BCUT2D eigenvalue weighted by molar-refractivity contribution is 5.73. The molecular formula is C19H18F3N9O. The molecule has 4 rings (SSSR count). The van der Waals surface area contributed by atoms with E-state index >= 15 is 0 Å². The van der Waals surface area contributed by atoms with Crippen LogP contribution < -0.4 is 10.6 Å². The Hall–Kier alpha value is -4.03. The van der Waals surface area contributed by atoms with Gasteiger partial charge in [0.25, 0.3) is 0 Å². The van der Waals surface area contributed by atoms with Crippen molar-refractivity contribution in [2.24, 2.45) is 7.05 Å². The molecule has 0 aromatic carbocycles. The zero-order valence-electron chi connectivity index (χ0n) is 17.0. The summed E-state index contributed by atoms with van der Waals surface area (Å²) in [7, 11) is 1.78. The summed E-state index contributed by atoms with van der Waals surface area (Å²) in [5.41, 5.74) is 1.62. The van der Waals surface area contributed by atoms with E-state index in [4.69, 9.17) is 0 Å². The molecule has 0 aliphatic rings. The van der Waals surface area contributed by atoms with Crippen LogP contribution in [0, 0.1) is 0 Å². The predicted octanol–water partition coefficient (Wildman–Crippen LogP) is 2.27. The highest BCUT2D eigenvalue weighted by Gasteiger charge is 2.41. The molecule has 0 fully saturated rings. The molecule has 0 aliphatic carbocycles. The van der Waals surface area contributed by atoms with Crippen LogP contribution in [0.2, 0.25) is 0 Å². The summed E-state index contributed by atoms with van der Waals surface area (Å²) in [6.45, 7) is 1.03. The number of nitrogens with one attached hydrogen (secondary N) is 2. The number of anilines is 2. The maximum absolute atomic E-state index is 13.3. The summed E-state index contributed by atoms with van der Waals surface area (Å²) in [5, 5.41) is 16.9. The van der Waals surface area contributed by atoms with E-state index in [2.05, 4.69) is 30.6 Å². The van der Waals surface area contributed by atoms with Crippen LogP contribution in [0.4, 0.5) is 24.9 Å². The number of aryl methyl sites for hydroxylation is 1. The largest absolute Gasteiger partial charge is 0.409 e. The van der Waals surface area contributed by atoms with Gasteiger partial charge in [-0.15, -0.1) is 10.2 Å². The zero-order valence-corrected chi connectivity index (χ0v) is 17.0. The highest BCUT2D eigenvalue weighted by Crippen LogP contribution is 2.24. The quantitative estimate of drug-likeness (QED) is 0.468. The van der Waals surface area contributed by atoms with Crippen molar-refractivity contribution in [3.63, 3.8) is 0 Å². The van der Waals surface area contributed by atoms with Gasteiger partial charge in [-0.1, -0.05) is 0 Å². The number of pyridine rings is 1. The number of amides is 1. The number of nitrogens with zero attached hydrogens (tertiary/aromatic N) is 7. The molecule has 4 aromatic heterocycles. The number of carbonyl (C=O) groups is 1. The molecule has 1 unspecified atom stereocenters. The van der Waals surface area contributed by atoms with Crippen molar-refractivity contribution in [3.05, 3.63) is 48.7 Å². The first-order valence-corrected chi connectivity index (χ1v) is 9.46. The van der Waals surface area contributed by atoms with E-state index in [0.29, 0.717) is 28.7 Å². The van der Waals surface area contributed by atoms with Gasteiger partial charge in [0.15, 0.2) is 5.65 Å². The van der Waals surface area contributed by atoms with Crippen molar-refractivity contribution in [2.45, 2.75) is 25.6 Å². The average molecular weight is 445 g/mol. The number of carbonyl (C=O) groups excluding carboxylic acids is 1. The van der Waals surface area contributed by atoms with Gasteiger partial charge in [0.2, 0.25) is 11.9 Å². The first-order chi connectivity index (χ1) is 15.2. The van der Waals surface area contributed by atoms with Gasteiger partial charge in [-0.3, -0.25) is 13.9 Å². The molecule has 4 aromatic rings. The van der Waals surface area contributed by atoms with Crippen LogP contribution >= 0.6 is 0 Å². The van der Waals surface area contributed by atoms with Gasteiger partial charge in [0, 0.05) is 44.4 Å². The van der Waals surface area contributed by atoms with Gasteiger partial charge in [-0.05, 0) is 18.2 Å². The van der Waals surface area contributed by atoms with Crippen LogP contribution in [0.3, 0.4) is 0 Å². The first-order valence-electron chi connectivity index (χ1n) is 9.46. The molecule has 0 saturated carbocycles. The topological polar surface area (TPSA) is 115 Å². The zero-order chi connectivity index (χ0) is 22.9. The fraction of sp³-hybridized carbons (Fsp3) is 0.263. The number of hydrogen-bond donors (Lipinski definition) is 2. The summed E-state index contributed by atoms with van der Waals surface area (Å²) in [6.07, 6.45) is -0.372. The van der Waals surface area contributed by atoms with Crippen molar-refractivity contribution >= 4 is 23.3 Å². The van der Waals surface area contributed by atoms with Crippen LogP contribution in [0.25, 0.3) is 16.9 Å². The Balaban J connectivity index is 1.60. The Morgan fingerprint density at radius 1 is 1.19 bits per heavy atom. The van der Waals surface area contributed by atoms with E-state index in [1.165, 1.54) is 4.40 Å². The van der Waals surface area contributed by atoms with E-state index in [1.807, 2.05) is 5.32 Å². The van der Waals surface area contributed by atoms with Crippen molar-refractivity contribution < 1.29 is 18.0 Å². The second-order valence-corrected chi connectivity index (χ2v) is 6.99. The van der Waals surface area contributed by atoms with Crippen LogP contribution in [0.5, 0.6) is 0 Å². The Morgan fingerprint density at radius 3 is 2.69 bits per heavy atom. The summed E-state index contributed by atoms with van der Waals surface area (Å²) < 4.78 is 42.9. The molecule has 0 spiro atoms. The van der Waals surface area contributed by atoms with E-state index in [1.54, 1.807) is 54.6 Å². The minimum Gasteiger partial charge on any atom is -0.344 e. The molecule has 2 N–H and O–H groups in total. The smallest absolute Gasteiger partial charge is 0.344 e. The average Bonchev–Trinajstić information content (AvgIpc) is 3.32. The molecule has 10 nitrogen and oxygen atoms in total. The SMILES string of the molecule is CC(=O)NC(Cc1nnc2cc(-c3ccnc(Nc4ccnn4C)n3)ccn12)C(F)(F)F. The van der Waals surface area contributed by atoms with Crippen LogP contribution in [-0.4, -0.2) is 52.5 Å². The number of halogens is 3. The fourth-order valence-corrected chi connectivity index (χ4v) is 3.11. The molecule has 1 atom stereocenters. The van der Waals surface area contributed by atoms with Crippen molar-refractivity contribution in [1.29, 1.82) is 0 Å². The summed E-state index contributed by atoms with van der Waals surface area (Å²) in [5.74, 6) is 0.362. The Morgan fingerprint density at radius 2 is 2.00 bits per heavy atom. The second kappa shape index (κ2) is 8.24. The third-order valence-corrected chi connectivity index (χ3v) is 4.65. The normalized spacial score (nSPS) is 12.7. The van der Waals surface area contributed by atoms with E-state index in [-0.39, 0.29) is 5.82 Å². The predicted molar refractivity (Wildman–Crippen MR) is 108 cm³/mol. The molecule has 0 radical (unpaired) electrons. The Bertz CT molecular complexity index is 1260. The molecule has 0 saturated heterocycles. The second-order valence-electron chi connectivity index (χ2n) is 6.99. The lowest BCUT2D eigenvalue weighted by molar-refractivity contribution is -0.161. The maximum atomic E-state index is 13.3. The molecule has 0 aliphatic heterocycles. The number of rotatable bonds is 6. The van der Waals surface area contributed by atoms with Crippen molar-refractivity contribution in [2.75, 3.05) is 5.32 Å². The van der Waals surface area contributed by atoms with Gasteiger partial charge in [-0.2, -0.15) is 18.3 Å². The number of hydrogen-bond acceptors (Lipinski definition) is 7. The standard InChI is InChI=1S/C19H18F3N9O/c1-11(32)25-14(19(20,21)22)10-17-29-28-16-9-12(5-8-31(16)17)13-3-6-23-18(26-13)27-15-4-7-24-30(15)2/h3-9,14H,10H2,1-2H3,(H,25,32)(H,23,26,27). The van der Waals surface area contributed by atoms with Gasteiger partial charge in [-0.25, -0.2) is 9.97 Å².